The predicted octanol–water partition coefficient (Wildman–Crippen LogP) is 4.44. The number of piperidine rings is 1. The first-order valence-corrected chi connectivity index (χ1v) is 12.4. The van der Waals surface area contributed by atoms with Crippen molar-refractivity contribution in [3.8, 4) is 0 Å². The van der Waals surface area contributed by atoms with E-state index in [0.29, 0.717) is 29.8 Å². The molecule has 0 amide bonds. The van der Waals surface area contributed by atoms with E-state index in [1.165, 1.54) is 23.3 Å². The van der Waals surface area contributed by atoms with Gasteiger partial charge in [-0.3, -0.25) is 4.90 Å². The van der Waals surface area contributed by atoms with Gasteiger partial charge in [-0.05, 0) is 48.4 Å². The molecule has 0 saturated carbocycles. The first-order valence-electron chi connectivity index (χ1n) is 11.0. The molecule has 5 rings (SSSR count). The molecule has 4 nitrogen and oxygen atoms in total. The molecule has 6 heteroatoms. The van der Waals surface area contributed by atoms with E-state index in [2.05, 4.69) is 29.2 Å². The Labute approximate surface area is 183 Å². The maximum Gasteiger partial charge on any atom is 0.243 e. The number of nitrogens with zero attached hydrogens (tertiary/aromatic N) is 2. The fourth-order valence-corrected chi connectivity index (χ4v) is 6.82. The molecular formula is C25H27FN2O2S. The van der Waals surface area contributed by atoms with Crippen LogP contribution in [0.1, 0.15) is 24.0 Å². The Bertz CT molecular complexity index is 1210. The first kappa shape index (κ1) is 20.6. The van der Waals surface area contributed by atoms with Crippen LogP contribution in [0.5, 0.6) is 0 Å². The number of halogens is 1. The molecule has 1 unspecified atom stereocenters. The van der Waals surface area contributed by atoms with Gasteiger partial charge in [0.1, 0.15) is 5.82 Å². The van der Waals surface area contributed by atoms with Crippen LogP contribution >= 0.6 is 0 Å². The van der Waals surface area contributed by atoms with Gasteiger partial charge < -0.3 is 0 Å². The number of benzene rings is 3. The third kappa shape index (κ3) is 4.00. The van der Waals surface area contributed by atoms with Crippen molar-refractivity contribution in [2.24, 2.45) is 5.92 Å². The van der Waals surface area contributed by atoms with Crippen molar-refractivity contribution in [1.29, 1.82) is 0 Å². The molecule has 1 atom stereocenters. The molecule has 2 heterocycles. The van der Waals surface area contributed by atoms with Crippen molar-refractivity contribution < 1.29 is 12.8 Å². The Balaban J connectivity index is 1.34. The second-order valence-corrected chi connectivity index (χ2v) is 10.6. The first-order chi connectivity index (χ1) is 15.0. The molecular weight excluding hydrogens is 411 g/mol. The fourth-order valence-electron chi connectivity index (χ4n) is 5.07. The van der Waals surface area contributed by atoms with Gasteiger partial charge in [-0.25, -0.2) is 12.8 Å². The Hall–Kier alpha value is -2.28. The van der Waals surface area contributed by atoms with Crippen LogP contribution in [0.3, 0.4) is 0 Å². The van der Waals surface area contributed by atoms with Crippen LogP contribution in [-0.2, 0) is 23.0 Å². The molecule has 1 saturated heterocycles. The zero-order valence-electron chi connectivity index (χ0n) is 17.5. The molecule has 31 heavy (non-hydrogen) atoms. The van der Waals surface area contributed by atoms with Gasteiger partial charge in [-0.15, -0.1) is 0 Å². The van der Waals surface area contributed by atoms with Gasteiger partial charge in [0.25, 0.3) is 0 Å². The number of hydrogen-bond donors (Lipinski definition) is 0. The van der Waals surface area contributed by atoms with Crippen molar-refractivity contribution in [3.63, 3.8) is 0 Å². The largest absolute Gasteiger partial charge is 0.298 e. The van der Waals surface area contributed by atoms with Gasteiger partial charge in [0.2, 0.25) is 10.0 Å². The van der Waals surface area contributed by atoms with Crippen LogP contribution in [0.2, 0.25) is 0 Å². The van der Waals surface area contributed by atoms with Crippen LogP contribution in [0.25, 0.3) is 10.8 Å². The zero-order valence-corrected chi connectivity index (χ0v) is 18.3. The molecule has 2 aliphatic rings. The monoisotopic (exact) mass is 438 g/mol. The van der Waals surface area contributed by atoms with Crippen LogP contribution in [0, 0.1) is 11.7 Å². The van der Waals surface area contributed by atoms with Gasteiger partial charge in [0, 0.05) is 43.5 Å². The minimum atomic E-state index is -3.68. The van der Waals surface area contributed by atoms with E-state index in [-0.39, 0.29) is 4.90 Å². The molecule has 162 valence electrons. The highest BCUT2D eigenvalue weighted by Gasteiger charge is 2.32. The normalized spacial score (nSPS) is 20.6. The summed E-state index contributed by atoms with van der Waals surface area (Å²) in [4.78, 5) is 2.66. The quantitative estimate of drug-likeness (QED) is 0.605. The van der Waals surface area contributed by atoms with Crippen molar-refractivity contribution in [1.82, 2.24) is 9.21 Å². The highest BCUT2D eigenvalue weighted by atomic mass is 32.2. The zero-order chi connectivity index (χ0) is 21.4. The number of fused-ring (bicyclic) bond motifs is 2. The molecule has 0 spiro atoms. The standard InChI is InChI=1S/C25H27FN2O2S/c26-24-11-12-25(23-10-4-3-9-22(23)24)31(29,30)28-14-5-6-19(17-28)16-27-15-13-20-7-1-2-8-21(20)18-27/h1-4,7-12,19H,5-6,13-18H2. The topological polar surface area (TPSA) is 40.6 Å². The predicted molar refractivity (Wildman–Crippen MR) is 121 cm³/mol. The minimum Gasteiger partial charge on any atom is -0.298 e. The highest BCUT2D eigenvalue weighted by Crippen LogP contribution is 2.31. The second-order valence-electron chi connectivity index (χ2n) is 8.72. The van der Waals surface area contributed by atoms with Crippen molar-refractivity contribution in [2.75, 3.05) is 26.2 Å². The lowest BCUT2D eigenvalue weighted by Crippen LogP contribution is -2.44. The average molecular weight is 439 g/mol. The summed E-state index contributed by atoms with van der Waals surface area (Å²) in [6.07, 6.45) is 2.94. The number of rotatable bonds is 4. The van der Waals surface area contributed by atoms with Crippen LogP contribution in [0.15, 0.2) is 65.6 Å². The SMILES string of the molecule is O=S(=O)(c1ccc(F)c2ccccc12)N1CCCC(CN2CCc3ccccc3C2)C1. The van der Waals surface area contributed by atoms with E-state index in [0.717, 1.165) is 38.9 Å². The van der Waals surface area contributed by atoms with Crippen molar-refractivity contribution in [3.05, 3.63) is 77.6 Å². The van der Waals surface area contributed by atoms with Crippen LogP contribution in [0.4, 0.5) is 4.39 Å². The average Bonchev–Trinajstić information content (AvgIpc) is 2.79. The molecule has 2 aliphatic heterocycles. The Morgan fingerprint density at radius 2 is 1.65 bits per heavy atom. The molecule has 0 aliphatic carbocycles. The summed E-state index contributed by atoms with van der Waals surface area (Å²) in [5.41, 5.74) is 2.81. The Kier molecular flexibility index (Phi) is 5.54. The highest BCUT2D eigenvalue weighted by molar-refractivity contribution is 7.89. The molecule has 1 fully saturated rings. The summed E-state index contributed by atoms with van der Waals surface area (Å²) in [7, 11) is -3.68. The Morgan fingerprint density at radius 3 is 2.48 bits per heavy atom. The van der Waals surface area contributed by atoms with E-state index in [9.17, 15) is 12.8 Å². The summed E-state index contributed by atoms with van der Waals surface area (Å²) in [6, 6.07) is 18.1. The van der Waals surface area contributed by atoms with E-state index >= 15 is 0 Å². The molecule has 0 bridgehead atoms. The lowest BCUT2D eigenvalue weighted by molar-refractivity contribution is 0.167. The van der Waals surface area contributed by atoms with Crippen LogP contribution in [-0.4, -0.2) is 43.8 Å². The van der Waals surface area contributed by atoms with E-state index < -0.39 is 15.8 Å². The Morgan fingerprint density at radius 1 is 0.903 bits per heavy atom. The number of hydrogen-bond acceptors (Lipinski definition) is 3. The summed E-state index contributed by atoms with van der Waals surface area (Å²) in [5.74, 6) is -0.0862. The lowest BCUT2D eigenvalue weighted by Gasteiger charge is -2.36. The second kappa shape index (κ2) is 8.34. The number of sulfonamides is 1. The summed E-state index contributed by atoms with van der Waals surface area (Å²) in [5, 5.41) is 0.807. The minimum absolute atomic E-state index is 0.206. The van der Waals surface area contributed by atoms with E-state index in [1.54, 1.807) is 28.6 Å². The maximum absolute atomic E-state index is 14.2. The molecule has 0 aromatic heterocycles. The maximum atomic E-state index is 14.2. The molecule has 0 radical (unpaired) electrons. The van der Waals surface area contributed by atoms with Crippen molar-refractivity contribution in [2.45, 2.75) is 30.7 Å². The molecule has 0 N–H and O–H groups in total. The summed E-state index contributed by atoms with van der Waals surface area (Å²) >= 11 is 0. The van der Waals surface area contributed by atoms with Crippen molar-refractivity contribution >= 4 is 20.8 Å². The lowest BCUT2D eigenvalue weighted by atomic mass is 9.95. The van der Waals surface area contributed by atoms with Gasteiger partial charge in [-0.2, -0.15) is 4.31 Å². The van der Waals surface area contributed by atoms with Gasteiger partial charge in [0.15, 0.2) is 0 Å². The third-order valence-electron chi connectivity index (χ3n) is 6.66. The van der Waals surface area contributed by atoms with Gasteiger partial charge in [0.05, 0.1) is 4.90 Å². The van der Waals surface area contributed by atoms with Gasteiger partial charge in [-0.1, -0.05) is 48.5 Å². The third-order valence-corrected chi connectivity index (χ3v) is 8.58. The fraction of sp³-hybridized carbons (Fsp3) is 0.360. The summed E-state index contributed by atoms with van der Waals surface area (Å²) in [6.45, 7) is 3.90. The molecule has 3 aromatic carbocycles. The van der Waals surface area contributed by atoms with E-state index in [1.807, 2.05) is 0 Å². The van der Waals surface area contributed by atoms with Gasteiger partial charge >= 0.3 is 0 Å². The summed E-state index contributed by atoms with van der Waals surface area (Å²) < 4.78 is 42.8. The smallest absolute Gasteiger partial charge is 0.243 e. The molecule has 3 aromatic rings. The van der Waals surface area contributed by atoms with E-state index in [4.69, 9.17) is 0 Å². The van der Waals surface area contributed by atoms with Crippen LogP contribution < -0.4 is 0 Å².